The quantitative estimate of drug-likeness (QED) is 0.871. The predicted octanol–water partition coefficient (Wildman–Crippen LogP) is 2.25. The van der Waals surface area contributed by atoms with Crippen LogP contribution >= 0.6 is 0 Å². The van der Waals surface area contributed by atoms with Crippen LogP contribution in [0.1, 0.15) is 54.4 Å². The number of amides is 2. The molecule has 24 heavy (non-hydrogen) atoms. The molecule has 2 amide bonds. The van der Waals surface area contributed by atoms with Crippen LogP contribution in [0.15, 0.2) is 24.3 Å². The van der Waals surface area contributed by atoms with Crippen LogP contribution in [-0.4, -0.2) is 41.5 Å². The summed E-state index contributed by atoms with van der Waals surface area (Å²) in [6.45, 7) is 1.30. The van der Waals surface area contributed by atoms with E-state index in [-0.39, 0.29) is 17.9 Å². The second-order valence-electron chi connectivity index (χ2n) is 7.14. The van der Waals surface area contributed by atoms with E-state index in [4.69, 9.17) is 4.74 Å². The summed E-state index contributed by atoms with van der Waals surface area (Å²) in [5, 5.41) is 2.99. The minimum Gasteiger partial charge on any atom is -0.368 e. The van der Waals surface area contributed by atoms with E-state index >= 15 is 0 Å². The van der Waals surface area contributed by atoms with Gasteiger partial charge in [-0.05, 0) is 56.2 Å². The number of nitrogens with zero attached hydrogens (tertiary/aromatic N) is 1. The fraction of sp³-hybridized carbons (Fsp3) is 0.579. The van der Waals surface area contributed by atoms with Gasteiger partial charge in [-0.1, -0.05) is 12.1 Å². The van der Waals surface area contributed by atoms with E-state index in [1.807, 2.05) is 29.2 Å². The average Bonchev–Trinajstić information content (AvgIpc) is 3.53. The van der Waals surface area contributed by atoms with E-state index < -0.39 is 0 Å². The molecule has 3 fully saturated rings. The van der Waals surface area contributed by atoms with Gasteiger partial charge in [0.1, 0.15) is 6.10 Å². The monoisotopic (exact) mass is 328 g/mol. The van der Waals surface area contributed by atoms with Crippen molar-refractivity contribution in [2.24, 2.45) is 0 Å². The van der Waals surface area contributed by atoms with Gasteiger partial charge in [0.25, 0.3) is 11.8 Å². The Hall–Kier alpha value is -1.88. The molecule has 1 aliphatic heterocycles. The highest BCUT2D eigenvalue weighted by atomic mass is 16.5. The third kappa shape index (κ3) is 3.61. The van der Waals surface area contributed by atoms with Crippen molar-refractivity contribution in [1.82, 2.24) is 10.2 Å². The van der Waals surface area contributed by atoms with Crippen molar-refractivity contribution >= 4 is 11.8 Å². The van der Waals surface area contributed by atoms with Crippen molar-refractivity contribution in [1.29, 1.82) is 0 Å². The summed E-state index contributed by atoms with van der Waals surface area (Å²) < 4.78 is 5.56. The fourth-order valence-corrected chi connectivity index (χ4v) is 3.19. The van der Waals surface area contributed by atoms with E-state index in [1.165, 1.54) is 0 Å². The lowest BCUT2D eigenvalue weighted by molar-refractivity contribution is -0.142. The van der Waals surface area contributed by atoms with Gasteiger partial charge >= 0.3 is 0 Å². The predicted molar refractivity (Wildman–Crippen MR) is 89.5 cm³/mol. The van der Waals surface area contributed by atoms with Gasteiger partial charge in [0.2, 0.25) is 0 Å². The Morgan fingerprint density at radius 1 is 1.08 bits per heavy atom. The van der Waals surface area contributed by atoms with Gasteiger partial charge in [0.15, 0.2) is 0 Å². The molecule has 3 aliphatic rings. The Morgan fingerprint density at radius 3 is 2.42 bits per heavy atom. The maximum absolute atomic E-state index is 12.7. The normalized spacial score (nSPS) is 23.1. The second kappa shape index (κ2) is 6.55. The molecule has 0 radical (unpaired) electrons. The lowest BCUT2D eigenvalue weighted by Gasteiger charge is -2.25. The maximum atomic E-state index is 12.7. The number of hydrogen-bond acceptors (Lipinski definition) is 3. The molecule has 0 unspecified atom stereocenters. The number of carbonyl (C=O) groups is 2. The molecule has 2 saturated carbocycles. The molecular formula is C19H24N2O3. The van der Waals surface area contributed by atoms with E-state index in [0.717, 1.165) is 44.1 Å². The highest BCUT2D eigenvalue weighted by Crippen LogP contribution is 2.30. The van der Waals surface area contributed by atoms with Crippen molar-refractivity contribution in [3.63, 3.8) is 0 Å². The standard InChI is InChI=1S/C19H24N2O3/c22-18(20-15-7-8-15)14-5-3-13(4-6-14)12-21(16-9-10-16)19(23)17-2-1-11-24-17/h3-6,15-17H,1-2,7-12H2,(H,20,22)/t17-/m1/s1. The van der Waals surface area contributed by atoms with Gasteiger partial charge < -0.3 is 15.0 Å². The molecule has 5 nitrogen and oxygen atoms in total. The summed E-state index contributed by atoms with van der Waals surface area (Å²) in [6.07, 6.45) is 5.90. The Labute approximate surface area is 142 Å². The summed E-state index contributed by atoms with van der Waals surface area (Å²) in [5.74, 6) is 0.129. The highest BCUT2D eigenvalue weighted by Gasteiger charge is 2.37. The number of benzene rings is 1. The zero-order chi connectivity index (χ0) is 16.5. The summed E-state index contributed by atoms with van der Waals surface area (Å²) in [4.78, 5) is 26.7. The molecule has 0 aromatic heterocycles. The molecule has 1 saturated heterocycles. The molecule has 1 heterocycles. The first-order valence-corrected chi connectivity index (χ1v) is 9.02. The van der Waals surface area contributed by atoms with Crippen LogP contribution in [0.25, 0.3) is 0 Å². The van der Waals surface area contributed by atoms with E-state index in [2.05, 4.69) is 5.32 Å². The minimum absolute atomic E-state index is 0.00136. The van der Waals surface area contributed by atoms with Crippen LogP contribution in [0.3, 0.4) is 0 Å². The average molecular weight is 328 g/mol. The summed E-state index contributed by atoms with van der Waals surface area (Å²) in [5.41, 5.74) is 1.75. The van der Waals surface area contributed by atoms with Gasteiger partial charge in [0.05, 0.1) is 0 Å². The lowest BCUT2D eigenvalue weighted by Crippen LogP contribution is -2.39. The Morgan fingerprint density at radius 2 is 1.83 bits per heavy atom. The third-order valence-electron chi connectivity index (χ3n) is 4.96. The first kappa shape index (κ1) is 15.6. The van der Waals surface area contributed by atoms with Crippen LogP contribution in [0, 0.1) is 0 Å². The molecule has 0 bridgehead atoms. The SMILES string of the molecule is O=C(NC1CC1)c1ccc(CN(C(=O)[C@H]2CCCO2)C2CC2)cc1. The van der Waals surface area contributed by atoms with Crippen LogP contribution in [0.5, 0.6) is 0 Å². The number of rotatable bonds is 6. The third-order valence-corrected chi connectivity index (χ3v) is 4.96. The zero-order valence-electron chi connectivity index (χ0n) is 13.9. The summed E-state index contributed by atoms with van der Waals surface area (Å²) in [6, 6.07) is 8.36. The second-order valence-corrected chi connectivity index (χ2v) is 7.14. The van der Waals surface area contributed by atoms with Gasteiger partial charge in [0, 0.05) is 30.8 Å². The first-order chi connectivity index (χ1) is 11.7. The van der Waals surface area contributed by atoms with E-state index in [9.17, 15) is 9.59 Å². The van der Waals surface area contributed by atoms with Crippen molar-refractivity contribution in [2.75, 3.05) is 6.61 Å². The van der Waals surface area contributed by atoms with Gasteiger partial charge in [-0.2, -0.15) is 0 Å². The molecule has 1 aromatic carbocycles. The van der Waals surface area contributed by atoms with Gasteiger partial charge in [-0.3, -0.25) is 9.59 Å². The number of hydrogen-bond donors (Lipinski definition) is 1. The first-order valence-electron chi connectivity index (χ1n) is 9.02. The Kier molecular flexibility index (Phi) is 4.27. The van der Waals surface area contributed by atoms with E-state index in [0.29, 0.717) is 30.8 Å². The van der Waals surface area contributed by atoms with Gasteiger partial charge in [-0.15, -0.1) is 0 Å². The summed E-state index contributed by atoms with van der Waals surface area (Å²) in [7, 11) is 0. The van der Waals surface area contributed by atoms with Crippen molar-refractivity contribution in [3.8, 4) is 0 Å². The van der Waals surface area contributed by atoms with Crippen molar-refractivity contribution in [3.05, 3.63) is 35.4 Å². The van der Waals surface area contributed by atoms with Gasteiger partial charge in [-0.25, -0.2) is 0 Å². The van der Waals surface area contributed by atoms with Crippen LogP contribution in [0.4, 0.5) is 0 Å². The molecular weight excluding hydrogens is 304 g/mol. The maximum Gasteiger partial charge on any atom is 0.252 e. The topological polar surface area (TPSA) is 58.6 Å². The largest absolute Gasteiger partial charge is 0.368 e. The number of nitrogens with one attached hydrogen (secondary N) is 1. The number of ether oxygens (including phenoxy) is 1. The summed E-state index contributed by atoms with van der Waals surface area (Å²) >= 11 is 0. The zero-order valence-corrected chi connectivity index (χ0v) is 13.9. The molecule has 1 N–H and O–H groups in total. The molecule has 1 aromatic rings. The highest BCUT2D eigenvalue weighted by molar-refractivity contribution is 5.94. The molecule has 128 valence electrons. The van der Waals surface area contributed by atoms with Crippen LogP contribution in [0.2, 0.25) is 0 Å². The molecule has 0 spiro atoms. The molecule has 5 heteroatoms. The molecule has 4 rings (SSSR count). The molecule has 2 aliphatic carbocycles. The van der Waals surface area contributed by atoms with Crippen molar-refractivity contribution in [2.45, 2.75) is 63.3 Å². The Bertz CT molecular complexity index is 614. The van der Waals surface area contributed by atoms with Crippen LogP contribution < -0.4 is 5.32 Å². The van der Waals surface area contributed by atoms with E-state index in [1.54, 1.807) is 0 Å². The lowest BCUT2D eigenvalue weighted by atomic mass is 10.1. The minimum atomic E-state index is -0.255. The number of carbonyl (C=O) groups excluding carboxylic acids is 2. The molecule has 1 atom stereocenters. The Balaban J connectivity index is 1.40. The van der Waals surface area contributed by atoms with Crippen LogP contribution in [-0.2, 0) is 16.1 Å². The van der Waals surface area contributed by atoms with Crippen molar-refractivity contribution < 1.29 is 14.3 Å². The fourth-order valence-electron chi connectivity index (χ4n) is 3.19. The smallest absolute Gasteiger partial charge is 0.252 e.